The van der Waals surface area contributed by atoms with Gasteiger partial charge in [0.1, 0.15) is 0 Å². The molecule has 0 fully saturated rings. The number of benzene rings is 1. The second-order valence-corrected chi connectivity index (χ2v) is 7.93. The van der Waals surface area contributed by atoms with E-state index < -0.39 is 5.56 Å². The van der Waals surface area contributed by atoms with Crippen LogP contribution in [0.25, 0.3) is 5.69 Å². The smallest absolute Gasteiger partial charge is 0.299 e. The van der Waals surface area contributed by atoms with Crippen molar-refractivity contribution in [2.75, 3.05) is 0 Å². The van der Waals surface area contributed by atoms with E-state index in [-0.39, 0.29) is 16.9 Å². The van der Waals surface area contributed by atoms with Gasteiger partial charge in [-0.05, 0) is 50.7 Å². The molecule has 3 aromatic rings. The summed E-state index contributed by atoms with van der Waals surface area (Å²) in [5, 5.41) is 9.11. The van der Waals surface area contributed by atoms with E-state index in [2.05, 4.69) is 10.2 Å². The van der Waals surface area contributed by atoms with Crippen LogP contribution in [-0.2, 0) is 26.6 Å². The van der Waals surface area contributed by atoms with E-state index in [1.165, 1.54) is 9.25 Å². The Labute approximate surface area is 194 Å². The monoisotopic (exact) mass is 480 g/mol. The number of azo groups is 1. The van der Waals surface area contributed by atoms with Crippen LogP contribution in [0.1, 0.15) is 26.5 Å². The molecule has 0 amide bonds. The van der Waals surface area contributed by atoms with Gasteiger partial charge in [-0.2, -0.15) is 0 Å². The van der Waals surface area contributed by atoms with E-state index in [0.717, 1.165) is 0 Å². The van der Waals surface area contributed by atoms with Crippen LogP contribution in [0.15, 0.2) is 44.2 Å². The Hall–Kier alpha value is -2.49. The number of hydrogen-bond donors (Lipinski definition) is 0. The topological polar surface area (TPSA) is 78.6 Å². The minimum Gasteiger partial charge on any atom is -0.323 e. The second-order valence-electron chi connectivity index (χ2n) is 6.72. The zero-order valence-electron chi connectivity index (χ0n) is 17.6. The maximum absolute atomic E-state index is 13.2. The van der Waals surface area contributed by atoms with Crippen LogP contribution in [0.5, 0.6) is 0 Å². The predicted octanol–water partition coefficient (Wildman–Crippen LogP) is 5.19. The zero-order chi connectivity index (χ0) is 22.9. The molecule has 2 aromatic heterocycles. The molecular weight excluding hydrogens is 459 g/mol. The minimum atomic E-state index is -0.397. The third-order valence-corrected chi connectivity index (χ3v) is 5.96. The Morgan fingerprint density at radius 3 is 2.32 bits per heavy atom. The highest BCUT2D eigenvalue weighted by atomic mass is 35.5. The van der Waals surface area contributed by atoms with Gasteiger partial charge < -0.3 is 4.57 Å². The number of aryl methyl sites for hydroxylation is 1. The summed E-state index contributed by atoms with van der Waals surface area (Å²) in [7, 11) is 1.74. The van der Waals surface area contributed by atoms with E-state index >= 15 is 0 Å². The van der Waals surface area contributed by atoms with Gasteiger partial charge >= 0.3 is 0 Å². The van der Waals surface area contributed by atoms with Crippen molar-refractivity contribution in [3.05, 3.63) is 65.6 Å². The van der Waals surface area contributed by atoms with Gasteiger partial charge in [-0.15, -0.1) is 10.2 Å². The molecule has 0 atom stereocenters. The lowest BCUT2D eigenvalue weighted by Crippen LogP contribution is -2.23. The molecule has 164 valence electrons. The third-order valence-electron chi connectivity index (χ3n) is 4.97. The van der Waals surface area contributed by atoms with Crippen molar-refractivity contribution >= 4 is 46.8 Å². The molecule has 0 aliphatic rings. The van der Waals surface area contributed by atoms with E-state index in [4.69, 9.17) is 35.4 Å². The van der Waals surface area contributed by atoms with Crippen LogP contribution >= 0.6 is 35.4 Å². The summed E-state index contributed by atoms with van der Waals surface area (Å²) in [5.74, 6) is 0. The fourth-order valence-corrected chi connectivity index (χ4v) is 4.25. The van der Waals surface area contributed by atoms with Crippen molar-refractivity contribution in [1.82, 2.24) is 18.5 Å². The largest absolute Gasteiger partial charge is 0.323 e. The summed E-state index contributed by atoms with van der Waals surface area (Å²) in [5.41, 5.74) is 0.631. The number of nitrogens with zero attached hydrogens (tertiary/aromatic N) is 6. The second kappa shape index (κ2) is 9.33. The molecule has 0 aliphatic carbocycles. The molecule has 0 bridgehead atoms. The highest BCUT2D eigenvalue weighted by molar-refractivity contribution is 7.71. The Morgan fingerprint density at radius 2 is 1.74 bits per heavy atom. The summed E-state index contributed by atoms with van der Waals surface area (Å²) in [4.78, 5) is 25.9. The van der Waals surface area contributed by atoms with Gasteiger partial charge in [0.25, 0.3) is 11.1 Å². The Bertz CT molecular complexity index is 1350. The number of halogens is 2. The van der Waals surface area contributed by atoms with E-state index in [0.29, 0.717) is 45.7 Å². The summed E-state index contributed by atoms with van der Waals surface area (Å²) >= 11 is 17.7. The van der Waals surface area contributed by atoms with Crippen LogP contribution in [0.2, 0.25) is 10.0 Å². The van der Waals surface area contributed by atoms with Gasteiger partial charge in [-0.1, -0.05) is 30.1 Å². The predicted molar refractivity (Wildman–Crippen MR) is 125 cm³/mol. The van der Waals surface area contributed by atoms with E-state index in [1.54, 1.807) is 40.7 Å². The summed E-state index contributed by atoms with van der Waals surface area (Å²) in [6.07, 6.45) is 2.08. The number of rotatable bonds is 6. The standard InChI is InChI=1S/C20H22Cl2N6O2S/c1-5-15-17(19(30)28(25(15)4)16-9-8-12(21)10-13(16)22)24-23-14-11-26(6-2)20(31)27(7-3)18(14)29/h8-11H,5-7H2,1-4H3. The molecule has 0 N–H and O–H groups in total. The van der Waals surface area contributed by atoms with Gasteiger partial charge in [0, 0.05) is 31.4 Å². The lowest BCUT2D eigenvalue weighted by molar-refractivity contribution is 0.612. The molecule has 0 aliphatic heterocycles. The van der Waals surface area contributed by atoms with Crippen LogP contribution in [0.4, 0.5) is 11.4 Å². The van der Waals surface area contributed by atoms with Crippen molar-refractivity contribution in [2.45, 2.75) is 40.3 Å². The van der Waals surface area contributed by atoms with Crippen LogP contribution in [-0.4, -0.2) is 18.5 Å². The van der Waals surface area contributed by atoms with Gasteiger partial charge in [-0.3, -0.25) is 18.8 Å². The lowest BCUT2D eigenvalue weighted by Gasteiger charge is -2.10. The Kier molecular flexibility index (Phi) is 6.98. The molecule has 0 saturated carbocycles. The molecule has 0 spiro atoms. The average molecular weight is 481 g/mol. The van der Waals surface area contributed by atoms with Crippen molar-refractivity contribution in [3.8, 4) is 5.69 Å². The maximum atomic E-state index is 13.2. The van der Waals surface area contributed by atoms with Crippen molar-refractivity contribution < 1.29 is 0 Å². The molecule has 0 radical (unpaired) electrons. The molecule has 31 heavy (non-hydrogen) atoms. The van der Waals surface area contributed by atoms with Crippen molar-refractivity contribution in [1.29, 1.82) is 0 Å². The number of hydrogen-bond acceptors (Lipinski definition) is 5. The van der Waals surface area contributed by atoms with E-state index in [1.807, 2.05) is 20.8 Å². The summed E-state index contributed by atoms with van der Waals surface area (Å²) in [6, 6.07) is 4.89. The molecule has 3 rings (SSSR count). The molecule has 11 heteroatoms. The first-order valence-corrected chi connectivity index (χ1v) is 10.9. The molecule has 0 unspecified atom stereocenters. The molecular formula is C20H22Cl2N6O2S. The SMILES string of the molecule is CCc1c(N=Nc2cn(CC)c(=S)n(CC)c2=O)c(=O)n(-c2ccc(Cl)cc2Cl)n1C. The van der Waals surface area contributed by atoms with Gasteiger partial charge in [-0.25, -0.2) is 4.68 Å². The minimum absolute atomic E-state index is 0.110. The number of aromatic nitrogens is 4. The highest BCUT2D eigenvalue weighted by Gasteiger charge is 2.20. The molecule has 1 aromatic carbocycles. The normalized spacial score (nSPS) is 11.5. The Morgan fingerprint density at radius 1 is 1.03 bits per heavy atom. The first kappa shape index (κ1) is 23.2. The van der Waals surface area contributed by atoms with Crippen LogP contribution in [0, 0.1) is 4.77 Å². The Balaban J connectivity index is 2.20. The van der Waals surface area contributed by atoms with E-state index in [9.17, 15) is 9.59 Å². The summed E-state index contributed by atoms with van der Waals surface area (Å²) in [6.45, 7) is 6.65. The van der Waals surface area contributed by atoms with Crippen molar-refractivity contribution in [2.24, 2.45) is 17.3 Å². The average Bonchev–Trinajstić information content (AvgIpc) is 2.97. The molecule has 8 nitrogen and oxygen atoms in total. The fourth-order valence-electron chi connectivity index (χ4n) is 3.37. The third kappa shape index (κ3) is 4.17. The fraction of sp³-hybridized carbons (Fsp3) is 0.350. The van der Waals surface area contributed by atoms with Crippen LogP contribution in [0.3, 0.4) is 0 Å². The van der Waals surface area contributed by atoms with Crippen molar-refractivity contribution in [3.63, 3.8) is 0 Å². The highest BCUT2D eigenvalue weighted by Crippen LogP contribution is 2.26. The van der Waals surface area contributed by atoms with Gasteiger partial charge in [0.2, 0.25) is 0 Å². The zero-order valence-corrected chi connectivity index (χ0v) is 19.9. The van der Waals surface area contributed by atoms with Crippen LogP contribution < -0.4 is 11.1 Å². The maximum Gasteiger partial charge on any atom is 0.299 e. The first-order chi connectivity index (χ1) is 14.7. The summed E-state index contributed by atoms with van der Waals surface area (Å²) < 4.78 is 6.70. The first-order valence-electron chi connectivity index (χ1n) is 9.77. The van der Waals surface area contributed by atoms with Gasteiger partial charge in [0.15, 0.2) is 16.1 Å². The molecule has 0 saturated heterocycles. The molecule has 2 heterocycles. The van der Waals surface area contributed by atoms with Gasteiger partial charge in [0.05, 0.1) is 16.4 Å². The lowest BCUT2D eigenvalue weighted by atomic mass is 10.3. The quantitative estimate of drug-likeness (QED) is 0.359.